The van der Waals surface area contributed by atoms with Gasteiger partial charge in [-0.1, -0.05) is 12.1 Å². The number of aliphatic imine (C=N–C) groups is 1. The van der Waals surface area contributed by atoms with Crippen molar-refractivity contribution < 1.29 is 14.2 Å². The maximum Gasteiger partial charge on any atom is 0.231 e. The van der Waals surface area contributed by atoms with Crippen molar-refractivity contribution in [3.05, 3.63) is 52.0 Å². The molecule has 1 aliphatic heterocycles. The molecule has 8 heteroatoms. The number of nitrogens with one attached hydrogen (secondary N) is 2. The summed E-state index contributed by atoms with van der Waals surface area (Å²) in [6.45, 7) is 1.58. The van der Waals surface area contributed by atoms with Gasteiger partial charge in [0.15, 0.2) is 17.5 Å². The minimum Gasteiger partial charge on any atom is -0.496 e. The zero-order valence-corrected chi connectivity index (χ0v) is 18.5. The number of rotatable bonds is 5. The fraction of sp³-hybridized carbons (Fsp3) is 0.278. The lowest BCUT2D eigenvalue weighted by atomic mass is 10.2. The molecular formula is C18H21BrIN3O3. The first-order valence-corrected chi connectivity index (χ1v) is 8.64. The Bertz CT molecular complexity index is 786. The molecular weight excluding hydrogens is 513 g/mol. The van der Waals surface area contributed by atoms with E-state index in [1.165, 1.54) is 0 Å². The maximum atomic E-state index is 5.40. The van der Waals surface area contributed by atoms with Crippen LogP contribution in [0.1, 0.15) is 11.1 Å². The second-order valence-electron chi connectivity index (χ2n) is 5.44. The molecule has 0 aliphatic carbocycles. The van der Waals surface area contributed by atoms with E-state index in [9.17, 15) is 0 Å². The number of benzene rings is 2. The second-order valence-corrected chi connectivity index (χ2v) is 6.29. The molecule has 26 heavy (non-hydrogen) atoms. The first kappa shape index (κ1) is 20.6. The zero-order valence-electron chi connectivity index (χ0n) is 14.5. The Morgan fingerprint density at radius 2 is 1.73 bits per heavy atom. The Morgan fingerprint density at radius 1 is 1.08 bits per heavy atom. The van der Waals surface area contributed by atoms with Crippen LogP contribution in [-0.4, -0.2) is 26.9 Å². The van der Waals surface area contributed by atoms with Gasteiger partial charge in [0.25, 0.3) is 0 Å². The van der Waals surface area contributed by atoms with Crippen LogP contribution < -0.4 is 24.8 Å². The number of hydrogen-bond donors (Lipinski definition) is 2. The van der Waals surface area contributed by atoms with Crippen molar-refractivity contribution in [2.24, 2.45) is 4.99 Å². The summed E-state index contributed by atoms with van der Waals surface area (Å²) >= 11 is 3.50. The van der Waals surface area contributed by atoms with Crippen molar-refractivity contribution in [1.29, 1.82) is 0 Å². The molecule has 0 fully saturated rings. The smallest absolute Gasteiger partial charge is 0.231 e. The third-order valence-corrected chi connectivity index (χ3v) is 4.42. The largest absolute Gasteiger partial charge is 0.496 e. The van der Waals surface area contributed by atoms with Gasteiger partial charge in [-0.3, -0.25) is 4.99 Å². The van der Waals surface area contributed by atoms with E-state index in [-0.39, 0.29) is 30.8 Å². The number of ether oxygens (including phenoxy) is 3. The van der Waals surface area contributed by atoms with Crippen LogP contribution in [0.2, 0.25) is 0 Å². The van der Waals surface area contributed by atoms with Crippen LogP contribution >= 0.6 is 39.9 Å². The maximum absolute atomic E-state index is 5.40. The number of halogens is 2. The molecule has 2 aromatic rings. The van der Waals surface area contributed by atoms with E-state index in [0.29, 0.717) is 13.1 Å². The van der Waals surface area contributed by atoms with E-state index in [1.54, 1.807) is 14.2 Å². The van der Waals surface area contributed by atoms with E-state index >= 15 is 0 Å². The lowest BCUT2D eigenvalue weighted by Crippen LogP contribution is -2.36. The Morgan fingerprint density at radius 3 is 2.38 bits per heavy atom. The summed E-state index contributed by atoms with van der Waals surface area (Å²) < 4.78 is 16.9. The molecule has 0 bridgehead atoms. The normalized spacial score (nSPS) is 12.3. The highest BCUT2D eigenvalue weighted by molar-refractivity contribution is 14.0. The number of nitrogens with zero attached hydrogens (tertiary/aromatic N) is 1. The lowest BCUT2D eigenvalue weighted by Gasteiger charge is -2.13. The summed E-state index contributed by atoms with van der Waals surface area (Å²) in [5.41, 5.74) is 2.22. The molecule has 0 radical (unpaired) electrons. The zero-order chi connectivity index (χ0) is 17.6. The molecule has 0 saturated carbocycles. The van der Waals surface area contributed by atoms with Crippen LogP contribution in [0, 0.1) is 0 Å². The summed E-state index contributed by atoms with van der Waals surface area (Å²) in [5.74, 6) is 3.11. The standard InChI is InChI=1S/C18H20BrN3O3.HI/c1-20-18(21-9-12-3-5-15(23-2)14(19)7-12)22-10-13-4-6-16-17(8-13)25-11-24-16;/h3-8H,9-11H2,1-2H3,(H2,20,21,22);1H. The number of hydrogen-bond acceptors (Lipinski definition) is 4. The summed E-state index contributed by atoms with van der Waals surface area (Å²) in [6.07, 6.45) is 0. The van der Waals surface area contributed by atoms with Gasteiger partial charge in [0, 0.05) is 20.1 Å². The van der Waals surface area contributed by atoms with Crippen LogP contribution in [0.4, 0.5) is 0 Å². The predicted octanol–water partition coefficient (Wildman–Crippen LogP) is 3.67. The van der Waals surface area contributed by atoms with E-state index < -0.39 is 0 Å². The van der Waals surface area contributed by atoms with Crippen molar-refractivity contribution in [2.45, 2.75) is 13.1 Å². The van der Waals surface area contributed by atoms with Crippen molar-refractivity contribution >= 4 is 45.9 Å². The Kier molecular flexibility index (Phi) is 7.83. The first-order chi connectivity index (χ1) is 12.2. The van der Waals surface area contributed by atoms with Crippen molar-refractivity contribution in [1.82, 2.24) is 10.6 Å². The molecule has 0 amide bonds. The average molecular weight is 534 g/mol. The molecule has 0 spiro atoms. The number of guanidine groups is 1. The number of methoxy groups -OCH3 is 1. The first-order valence-electron chi connectivity index (χ1n) is 7.85. The molecule has 1 aliphatic rings. The van der Waals surface area contributed by atoms with Crippen LogP contribution in [0.3, 0.4) is 0 Å². The Balaban J connectivity index is 0.00000243. The second kappa shape index (κ2) is 9.86. The highest BCUT2D eigenvalue weighted by atomic mass is 127. The van der Waals surface area contributed by atoms with Crippen LogP contribution in [0.15, 0.2) is 45.9 Å². The summed E-state index contributed by atoms with van der Waals surface area (Å²) in [5, 5.41) is 6.58. The molecule has 140 valence electrons. The molecule has 0 atom stereocenters. The quantitative estimate of drug-likeness (QED) is 0.349. The predicted molar refractivity (Wildman–Crippen MR) is 116 cm³/mol. The summed E-state index contributed by atoms with van der Waals surface area (Å²) in [4.78, 5) is 4.25. The molecule has 1 heterocycles. The summed E-state index contributed by atoms with van der Waals surface area (Å²) in [7, 11) is 3.40. The minimum atomic E-state index is 0. The third-order valence-electron chi connectivity index (χ3n) is 3.80. The molecule has 0 aromatic heterocycles. The Hall–Kier alpha value is -1.68. The molecule has 3 rings (SSSR count). The van der Waals surface area contributed by atoms with E-state index in [0.717, 1.165) is 38.8 Å². The van der Waals surface area contributed by atoms with Gasteiger partial charge in [-0.15, -0.1) is 24.0 Å². The van der Waals surface area contributed by atoms with Gasteiger partial charge in [0.05, 0.1) is 11.6 Å². The highest BCUT2D eigenvalue weighted by Crippen LogP contribution is 2.32. The summed E-state index contributed by atoms with van der Waals surface area (Å²) in [6, 6.07) is 11.9. The van der Waals surface area contributed by atoms with Gasteiger partial charge in [0.1, 0.15) is 5.75 Å². The SMILES string of the molecule is CN=C(NCc1ccc(OC)c(Br)c1)NCc1ccc2c(c1)OCO2.I. The van der Waals surface area contributed by atoms with Crippen molar-refractivity contribution in [3.63, 3.8) is 0 Å². The van der Waals surface area contributed by atoms with Crippen molar-refractivity contribution in [2.75, 3.05) is 21.0 Å². The topological polar surface area (TPSA) is 64.1 Å². The van der Waals surface area contributed by atoms with Crippen molar-refractivity contribution in [3.8, 4) is 17.2 Å². The van der Waals surface area contributed by atoms with Crippen LogP contribution in [0.5, 0.6) is 17.2 Å². The van der Waals surface area contributed by atoms with E-state index in [1.807, 2.05) is 36.4 Å². The van der Waals surface area contributed by atoms with Crippen LogP contribution in [0.25, 0.3) is 0 Å². The molecule has 2 aromatic carbocycles. The fourth-order valence-electron chi connectivity index (χ4n) is 2.46. The van der Waals surface area contributed by atoms with Gasteiger partial charge < -0.3 is 24.8 Å². The van der Waals surface area contributed by atoms with E-state index in [4.69, 9.17) is 14.2 Å². The number of fused-ring (bicyclic) bond motifs is 1. The third kappa shape index (κ3) is 5.16. The minimum absolute atomic E-state index is 0. The van der Waals surface area contributed by atoms with E-state index in [2.05, 4.69) is 31.6 Å². The monoisotopic (exact) mass is 533 g/mol. The fourth-order valence-corrected chi connectivity index (χ4v) is 3.05. The molecule has 2 N–H and O–H groups in total. The highest BCUT2D eigenvalue weighted by Gasteiger charge is 2.13. The average Bonchev–Trinajstić information content (AvgIpc) is 3.09. The van der Waals surface area contributed by atoms with Gasteiger partial charge in [-0.25, -0.2) is 0 Å². The Labute approximate surface area is 178 Å². The molecule has 6 nitrogen and oxygen atoms in total. The van der Waals surface area contributed by atoms with Gasteiger partial charge >= 0.3 is 0 Å². The van der Waals surface area contributed by atoms with Gasteiger partial charge in [0.2, 0.25) is 6.79 Å². The van der Waals surface area contributed by atoms with Gasteiger partial charge in [-0.2, -0.15) is 0 Å². The molecule has 0 unspecified atom stereocenters. The molecule has 0 saturated heterocycles. The van der Waals surface area contributed by atoms with Crippen LogP contribution in [-0.2, 0) is 13.1 Å². The lowest BCUT2D eigenvalue weighted by molar-refractivity contribution is 0.174. The van der Waals surface area contributed by atoms with Gasteiger partial charge in [-0.05, 0) is 51.3 Å².